The minimum atomic E-state index is -0.0155. The molecule has 0 radical (unpaired) electrons. The minimum Gasteiger partial charge on any atom is -0.320 e. The van der Waals surface area contributed by atoms with Gasteiger partial charge in [-0.25, -0.2) is 0 Å². The molecule has 1 unspecified atom stereocenters. The number of nitrogens with two attached hydrogens (primary N) is 1. The van der Waals surface area contributed by atoms with Crippen molar-refractivity contribution in [3.05, 3.63) is 57.3 Å². The monoisotopic (exact) mass is 318 g/mol. The Kier molecular flexibility index (Phi) is 8.30. The summed E-state index contributed by atoms with van der Waals surface area (Å²) in [6.45, 7) is 2.96. The lowest BCUT2D eigenvalue weighted by atomic mass is 9.99. The number of rotatable bonds is 4. The van der Waals surface area contributed by atoms with Crippen LogP contribution in [0.25, 0.3) is 0 Å². The Hall–Kier alpha value is -0.580. The van der Waals surface area contributed by atoms with Gasteiger partial charge in [0.1, 0.15) is 0 Å². The van der Waals surface area contributed by atoms with Crippen molar-refractivity contribution in [2.24, 2.45) is 5.73 Å². The second kappa shape index (κ2) is 8.56. The van der Waals surface area contributed by atoms with Crippen molar-refractivity contribution in [3.8, 4) is 0 Å². The molecule has 5 heteroatoms. The van der Waals surface area contributed by atoms with Gasteiger partial charge in [-0.2, -0.15) is 0 Å². The molecule has 0 saturated carbocycles. The van der Waals surface area contributed by atoms with Crippen LogP contribution < -0.4 is 11.1 Å². The Labute approximate surface area is 131 Å². The van der Waals surface area contributed by atoms with E-state index < -0.39 is 0 Å². The van der Waals surface area contributed by atoms with Gasteiger partial charge in [0, 0.05) is 11.4 Å². The molecule has 2 rings (SSSR count). The molecule has 2 aromatic rings. The van der Waals surface area contributed by atoms with Crippen molar-refractivity contribution in [1.29, 1.82) is 0 Å². The van der Waals surface area contributed by atoms with Crippen LogP contribution in [0.15, 0.2) is 35.7 Å². The molecule has 2 nitrogen and oxygen atoms in total. The lowest BCUT2D eigenvalue weighted by Crippen LogP contribution is -2.15. The van der Waals surface area contributed by atoms with Crippen LogP contribution in [0.1, 0.15) is 27.6 Å². The van der Waals surface area contributed by atoms with E-state index in [4.69, 9.17) is 5.73 Å². The van der Waals surface area contributed by atoms with Crippen LogP contribution >= 0.6 is 36.2 Å². The third-order valence-electron chi connectivity index (χ3n) is 2.81. The number of nitrogens with one attached hydrogen (secondary N) is 1. The van der Waals surface area contributed by atoms with Crippen LogP contribution in [0.5, 0.6) is 0 Å². The van der Waals surface area contributed by atoms with E-state index in [0.717, 1.165) is 6.54 Å². The van der Waals surface area contributed by atoms with Crippen LogP contribution in [0, 0.1) is 6.92 Å². The summed E-state index contributed by atoms with van der Waals surface area (Å²) >= 11 is 1.73. The number of thiophene rings is 1. The summed E-state index contributed by atoms with van der Waals surface area (Å²) in [5.74, 6) is 0. The van der Waals surface area contributed by atoms with E-state index in [0.29, 0.717) is 0 Å². The van der Waals surface area contributed by atoms with E-state index in [1.165, 1.54) is 21.6 Å². The van der Waals surface area contributed by atoms with E-state index in [9.17, 15) is 0 Å². The summed E-state index contributed by atoms with van der Waals surface area (Å²) in [5, 5.41) is 5.33. The Morgan fingerprint density at radius 2 is 1.95 bits per heavy atom. The maximum Gasteiger partial charge on any atom is 0.0649 e. The third kappa shape index (κ3) is 4.48. The highest BCUT2D eigenvalue weighted by molar-refractivity contribution is 7.10. The van der Waals surface area contributed by atoms with Crippen molar-refractivity contribution < 1.29 is 0 Å². The van der Waals surface area contributed by atoms with Crippen molar-refractivity contribution in [2.75, 3.05) is 7.05 Å². The highest BCUT2D eigenvalue weighted by atomic mass is 35.5. The first-order chi connectivity index (χ1) is 8.22. The molecule has 0 fully saturated rings. The highest BCUT2D eigenvalue weighted by Gasteiger charge is 2.13. The first kappa shape index (κ1) is 18.4. The molecule has 1 aromatic heterocycles. The number of aryl methyl sites for hydroxylation is 1. The predicted octanol–water partition coefficient (Wildman–Crippen LogP) is 3.67. The van der Waals surface area contributed by atoms with Crippen molar-refractivity contribution >= 4 is 36.2 Å². The Bertz CT molecular complexity index is 500. The second-order valence-corrected chi connectivity index (χ2v) is 5.18. The Morgan fingerprint density at radius 1 is 1.26 bits per heavy atom. The van der Waals surface area contributed by atoms with E-state index in [-0.39, 0.29) is 30.9 Å². The van der Waals surface area contributed by atoms with E-state index >= 15 is 0 Å². The average molecular weight is 319 g/mol. The number of hydrogen-bond acceptors (Lipinski definition) is 3. The van der Waals surface area contributed by atoms with Gasteiger partial charge < -0.3 is 11.1 Å². The fraction of sp³-hybridized carbons (Fsp3) is 0.286. The zero-order valence-electron chi connectivity index (χ0n) is 11.1. The van der Waals surface area contributed by atoms with Crippen molar-refractivity contribution in [1.82, 2.24) is 5.32 Å². The molecule has 1 atom stereocenters. The zero-order chi connectivity index (χ0) is 12.3. The maximum absolute atomic E-state index is 6.34. The number of hydrogen-bond donors (Lipinski definition) is 2. The topological polar surface area (TPSA) is 38.0 Å². The van der Waals surface area contributed by atoms with Gasteiger partial charge in [-0.05, 0) is 42.1 Å². The molecular formula is C14H20Cl2N2S. The quantitative estimate of drug-likeness (QED) is 0.902. The van der Waals surface area contributed by atoms with Gasteiger partial charge >= 0.3 is 0 Å². The Morgan fingerprint density at radius 3 is 2.53 bits per heavy atom. The third-order valence-corrected chi connectivity index (χ3v) is 3.95. The summed E-state index contributed by atoms with van der Waals surface area (Å²) in [5.41, 5.74) is 10.1. The molecule has 3 N–H and O–H groups in total. The molecule has 0 bridgehead atoms. The van der Waals surface area contributed by atoms with Crippen LogP contribution in [0.4, 0.5) is 0 Å². The molecular weight excluding hydrogens is 299 g/mol. The zero-order valence-corrected chi connectivity index (χ0v) is 13.5. The molecule has 1 heterocycles. The smallest absolute Gasteiger partial charge is 0.0649 e. The molecule has 0 amide bonds. The van der Waals surface area contributed by atoms with Gasteiger partial charge in [-0.3, -0.25) is 0 Å². The summed E-state index contributed by atoms with van der Waals surface area (Å²) in [6, 6.07) is 10.5. The minimum absolute atomic E-state index is 0. The molecule has 0 aliphatic rings. The van der Waals surface area contributed by atoms with Gasteiger partial charge in [-0.1, -0.05) is 24.3 Å². The van der Waals surface area contributed by atoms with Crippen LogP contribution in [-0.2, 0) is 6.54 Å². The highest BCUT2D eigenvalue weighted by Crippen LogP contribution is 2.27. The first-order valence-electron chi connectivity index (χ1n) is 5.75. The molecule has 0 aliphatic carbocycles. The van der Waals surface area contributed by atoms with E-state index in [1.54, 1.807) is 11.3 Å². The second-order valence-electron chi connectivity index (χ2n) is 4.23. The number of halogens is 2. The van der Waals surface area contributed by atoms with Crippen molar-refractivity contribution in [2.45, 2.75) is 19.5 Å². The van der Waals surface area contributed by atoms with Gasteiger partial charge in [0.05, 0.1) is 6.04 Å². The summed E-state index contributed by atoms with van der Waals surface area (Å²) < 4.78 is 0. The SMILES string of the molecule is CNCc1ccccc1C(N)c1cc(C)cs1.Cl.Cl. The number of benzene rings is 1. The molecule has 0 spiro atoms. The molecule has 106 valence electrons. The Balaban J connectivity index is 0.00000162. The molecule has 0 aliphatic heterocycles. The van der Waals surface area contributed by atoms with Crippen molar-refractivity contribution in [3.63, 3.8) is 0 Å². The standard InChI is InChI=1S/C14H18N2S.2ClH/c1-10-7-13(17-9-10)14(15)12-6-4-3-5-11(12)8-16-2;;/h3-7,9,14,16H,8,15H2,1-2H3;2*1H. The summed E-state index contributed by atoms with van der Waals surface area (Å²) in [6.07, 6.45) is 0. The van der Waals surface area contributed by atoms with Crippen LogP contribution in [-0.4, -0.2) is 7.05 Å². The predicted molar refractivity (Wildman–Crippen MR) is 88.8 cm³/mol. The fourth-order valence-corrected chi connectivity index (χ4v) is 2.88. The lowest BCUT2D eigenvalue weighted by molar-refractivity contribution is 0.783. The van der Waals surface area contributed by atoms with Gasteiger partial charge in [0.2, 0.25) is 0 Å². The largest absolute Gasteiger partial charge is 0.320 e. The first-order valence-corrected chi connectivity index (χ1v) is 6.63. The lowest BCUT2D eigenvalue weighted by Gasteiger charge is -2.15. The fourth-order valence-electron chi connectivity index (χ4n) is 1.96. The molecule has 19 heavy (non-hydrogen) atoms. The normalized spacial score (nSPS) is 11.3. The van der Waals surface area contributed by atoms with E-state index in [2.05, 4.69) is 48.0 Å². The van der Waals surface area contributed by atoms with Crippen LogP contribution in [0.3, 0.4) is 0 Å². The van der Waals surface area contributed by atoms with Gasteiger partial charge in [-0.15, -0.1) is 36.2 Å². The summed E-state index contributed by atoms with van der Waals surface area (Å²) in [4.78, 5) is 1.23. The molecule has 1 aromatic carbocycles. The van der Waals surface area contributed by atoms with Crippen LogP contribution in [0.2, 0.25) is 0 Å². The van der Waals surface area contributed by atoms with Gasteiger partial charge in [0.25, 0.3) is 0 Å². The average Bonchev–Trinajstić information content (AvgIpc) is 2.76. The molecule has 0 saturated heterocycles. The maximum atomic E-state index is 6.34. The van der Waals surface area contributed by atoms with Gasteiger partial charge in [0.15, 0.2) is 0 Å². The summed E-state index contributed by atoms with van der Waals surface area (Å²) in [7, 11) is 1.96. The van der Waals surface area contributed by atoms with E-state index in [1.807, 2.05) is 7.05 Å².